The Morgan fingerprint density at radius 1 is 1.16 bits per heavy atom. The largest absolute Gasteiger partial charge is 0.349 e. The summed E-state index contributed by atoms with van der Waals surface area (Å²) < 4.78 is 54.3. The lowest BCUT2D eigenvalue weighted by Crippen LogP contribution is -2.24. The van der Waals surface area contributed by atoms with Crippen molar-refractivity contribution in [1.82, 2.24) is 24.6 Å². The number of halogens is 2. The molecule has 0 amide bonds. The Morgan fingerprint density at radius 2 is 2.00 bits per heavy atom. The maximum atomic E-state index is 14.6. The van der Waals surface area contributed by atoms with Crippen LogP contribution in [0.4, 0.5) is 14.6 Å². The number of nitrogens with zero attached hydrogens (tertiary/aromatic N) is 6. The van der Waals surface area contributed by atoms with Gasteiger partial charge in [0.1, 0.15) is 29.3 Å². The number of anilines is 1. The van der Waals surface area contributed by atoms with Gasteiger partial charge in [0.25, 0.3) is 0 Å². The molecule has 186 valence electrons. The van der Waals surface area contributed by atoms with Gasteiger partial charge in [0, 0.05) is 24.6 Å². The van der Waals surface area contributed by atoms with Crippen LogP contribution in [0.15, 0.2) is 53.7 Å². The molecule has 1 saturated heterocycles. The van der Waals surface area contributed by atoms with Crippen LogP contribution >= 0.6 is 0 Å². The molecule has 0 radical (unpaired) electrons. The lowest BCUT2D eigenvalue weighted by Gasteiger charge is -2.26. The molecule has 4 heterocycles. The van der Waals surface area contributed by atoms with Crippen LogP contribution in [-0.2, 0) is 9.84 Å². The van der Waals surface area contributed by atoms with Gasteiger partial charge in [0.05, 0.1) is 39.3 Å². The van der Waals surface area contributed by atoms with Crippen molar-refractivity contribution in [3.8, 4) is 17.5 Å². The lowest BCUT2D eigenvalue weighted by molar-refractivity contribution is 0.560. The third-order valence-electron chi connectivity index (χ3n) is 6.58. The van der Waals surface area contributed by atoms with Crippen LogP contribution in [0.3, 0.4) is 0 Å². The summed E-state index contributed by atoms with van der Waals surface area (Å²) in [5.74, 6) is 0.0334. The monoisotopic (exact) mass is 519 g/mol. The summed E-state index contributed by atoms with van der Waals surface area (Å²) in [5, 5.41) is 13.8. The number of aromatic amines is 1. The van der Waals surface area contributed by atoms with E-state index >= 15 is 0 Å². The molecule has 0 spiro atoms. The zero-order valence-corrected chi connectivity index (χ0v) is 20.3. The highest BCUT2D eigenvalue weighted by molar-refractivity contribution is 7.90. The molecule has 37 heavy (non-hydrogen) atoms. The van der Waals surface area contributed by atoms with Crippen LogP contribution in [-0.4, -0.2) is 45.8 Å². The van der Waals surface area contributed by atoms with E-state index in [-0.39, 0.29) is 16.5 Å². The van der Waals surface area contributed by atoms with Gasteiger partial charge in [-0.25, -0.2) is 31.7 Å². The molecule has 5 aromatic rings. The molecular formula is C25H19F2N7O2S. The predicted octanol–water partition coefficient (Wildman–Crippen LogP) is 4.17. The zero-order valence-electron chi connectivity index (χ0n) is 19.5. The average Bonchev–Trinajstić information content (AvgIpc) is 3.61. The van der Waals surface area contributed by atoms with Gasteiger partial charge in [-0.1, -0.05) is 0 Å². The molecule has 6 rings (SSSR count). The van der Waals surface area contributed by atoms with Crippen molar-refractivity contribution < 1.29 is 17.2 Å². The van der Waals surface area contributed by atoms with Gasteiger partial charge in [-0.15, -0.1) is 0 Å². The van der Waals surface area contributed by atoms with E-state index in [1.54, 1.807) is 23.0 Å². The highest BCUT2D eigenvalue weighted by Gasteiger charge is 2.30. The number of sulfone groups is 1. The third-order valence-corrected chi connectivity index (χ3v) is 7.71. The van der Waals surface area contributed by atoms with Crippen LogP contribution in [0.5, 0.6) is 0 Å². The molecule has 1 aliphatic rings. The Balaban J connectivity index is 1.44. The minimum absolute atomic E-state index is 0.0120. The zero-order chi connectivity index (χ0) is 25.9. The molecule has 2 aromatic carbocycles. The maximum Gasteiger partial charge on any atom is 0.176 e. The molecule has 1 aliphatic heterocycles. The van der Waals surface area contributed by atoms with Crippen LogP contribution in [0.25, 0.3) is 28.1 Å². The number of fused-ring (bicyclic) bond motifs is 2. The first-order chi connectivity index (χ1) is 17.7. The van der Waals surface area contributed by atoms with Gasteiger partial charge in [-0.3, -0.25) is 0 Å². The Labute approximate surface area is 209 Å². The molecular weight excluding hydrogens is 500 g/mol. The average molecular weight is 520 g/mol. The number of hydrogen-bond acceptors (Lipinski definition) is 7. The topological polar surface area (TPSA) is 120 Å². The van der Waals surface area contributed by atoms with E-state index in [4.69, 9.17) is 4.98 Å². The molecule has 12 heteroatoms. The van der Waals surface area contributed by atoms with Crippen molar-refractivity contribution in [3.63, 3.8) is 0 Å². The highest BCUT2D eigenvalue weighted by atomic mass is 32.2. The number of hydrogen-bond donors (Lipinski definition) is 1. The Kier molecular flexibility index (Phi) is 5.20. The van der Waals surface area contributed by atoms with Gasteiger partial charge in [-0.05, 0) is 49.2 Å². The fraction of sp³-hybridized carbons (Fsp3) is 0.200. The fourth-order valence-electron chi connectivity index (χ4n) is 4.88. The van der Waals surface area contributed by atoms with Crippen molar-refractivity contribution >= 4 is 32.3 Å². The first-order valence-electron chi connectivity index (χ1n) is 11.4. The maximum absolute atomic E-state index is 14.6. The summed E-state index contributed by atoms with van der Waals surface area (Å²) in [6, 6.07) is 9.63. The molecule has 1 atom stereocenters. The van der Waals surface area contributed by atoms with Gasteiger partial charge < -0.3 is 9.88 Å². The van der Waals surface area contributed by atoms with Crippen molar-refractivity contribution in [2.24, 2.45) is 0 Å². The van der Waals surface area contributed by atoms with Gasteiger partial charge in [0.2, 0.25) is 0 Å². The van der Waals surface area contributed by atoms with Gasteiger partial charge >= 0.3 is 0 Å². The minimum atomic E-state index is -3.62. The number of nitrogens with one attached hydrogen (secondary N) is 1. The smallest absolute Gasteiger partial charge is 0.176 e. The molecule has 0 saturated carbocycles. The number of rotatable bonds is 4. The molecule has 1 N–H and O–H groups in total. The van der Waals surface area contributed by atoms with Crippen LogP contribution in [0.1, 0.15) is 30.0 Å². The van der Waals surface area contributed by atoms with Crippen LogP contribution in [0, 0.1) is 23.0 Å². The Hall–Kier alpha value is -4.37. The summed E-state index contributed by atoms with van der Waals surface area (Å²) in [4.78, 5) is 14.3. The summed E-state index contributed by atoms with van der Waals surface area (Å²) in [7, 11) is -3.62. The van der Waals surface area contributed by atoms with E-state index in [1.807, 2.05) is 11.0 Å². The fourth-order valence-corrected chi connectivity index (χ4v) is 5.72. The molecule has 3 aromatic heterocycles. The van der Waals surface area contributed by atoms with Crippen molar-refractivity contribution in [2.45, 2.75) is 23.8 Å². The van der Waals surface area contributed by atoms with E-state index in [1.165, 1.54) is 18.2 Å². The molecule has 1 fully saturated rings. The second-order valence-corrected chi connectivity index (χ2v) is 10.9. The first kappa shape index (κ1) is 23.1. The van der Waals surface area contributed by atoms with Crippen molar-refractivity contribution in [2.75, 3.05) is 17.7 Å². The van der Waals surface area contributed by atoms with E-state index in [2.05, 4.69) is 15.1 Å². The first-order valence-corrected chi connectivity index (χ1v) is 13.3. The van der Waals surface area contributed by atoms with Gasteiger partial charge in [-0.2, -0.15) is 10.4 Å². The highest BCUT2D eigenvalue weighted by Crippen LogP contribution is 2.37. The summed E-state index contributed by atoms with van der Waals surface area (Å²) in [5.41, 5.74) is 2.22. The predicted molar refractivity (Wildman–Crippen MR) is 132 cm³/mol. The number of H-pyrrole nitrogens is 1. The van der Waals surface area contributed by atoms with Crippen LogP contribution < -0.4 is 4.90 Å². The number of aromatic nitrogens is 5. The summed E-state index contributed by atoms with van der Waals surface area (Å²) in [6.45, 7) is 0.628. The van der Waals surface area contributed by atoms with Crippen molar-refractivity contribution in [3.05, 3.63) is 71.6 Å². The molecule has 9 nitrogen and oxygen atoms in total. The molecule has 0 aliphatic carbocycles. The summed E-state index contributed by atoms with van der Waals surface area (Å²) in [6.07, 6.45) is 5.82. The Bertz CT molecular complexity index is 1860. The standard InChI is InChI=1S/C25H19F2N7O2S/c1-37(35,36)22-11-20-19(9-14(22)12-28)30-24(31-20)17-13-29-34-8-6-23(32-25(17)34)33-7-2-3-21(33)16-10-15(26)4-5-18(16)27/h4-6,8-11,13,21H,2-3,7H2,1H3,(H,30,31)/t21-/m1/s1. The summed E-state index contributed by atoms with van der Waals surface area (Å²) >= 11 is 0. The quantitative estimate of drug-likeness (QED) is 0.378. The van der Waals surface area contributed by atoms with E-state index < -0.39 is 21.5 Å². The van der Waals surface area contributed by atoms with E-state index in [9.17, 15) is 22.5 Å². The number of benzene rings is 2. The third kappa shape index (κ3) is 3.88. The molecule has 0 unspecified atom stereocenters. The second kappa shape index (κ2) is 8.35. The van der Waals surface area contributed by atoms with Gasteiger partial charge in [0.15, 0.2) is 15.5 Å². The number of nitriles is 1. The SMILES string of the molecule is CS(=O)(=O)c1cc2[nH]c(-c3cnn4ccc(N5CCC[C@@H]5c5cc(F)ccc5F)nc34)nc2cc1C#N. The number of imidazole rings is 1. The van der Waals surface area contributed by atoms with Crippen LogP contribution in [0.2, 0.25) is 0 Å². The lowest BCUT2D eigenvalue weighted by atomic mass is 10.0. The van der Waals surface area contributed by atoms with E-state index in [0.717, 1.165) is 24.8 Å². The minimum Gasteiger partial charge on any atom is -0.349 e. The normalized spacial score (nSPS) is 16.1. The van der Waals surface area contributed by atoms with Crippen molar-refractivity contribution in [1.29, 1.82) is 5.26 Å². The second-order valence-electron chi connectivity index (χ2n) is 8.96. The molecule has 0 bridgehead atoms. The van der Waals surface area contributed by atoms with E-state index in [0.29, 0.717) is 52.4 Å². The Morgan fingerprint density at radius 3 is 2.78 bits per heavy atom.